The second-order valence-corrected chi connectivity index (χ2v) is 5.52. The number of benzene rings is 1. The summed E-state index contributed by atoms with van der Waals surface area (Å²) in [5, 5.41) is 0. The van der Waals surface area contributed by atoms with Crippen molar-refractivity contribution in [1.29, 1.82) is 0 Å². The lowest BCUT2D eigenvalue weighted by molar-refractivity contribution is -0.172. The molecule has 0 bridgehead atoms. The van der Waals surface area contributed by atoms with Gasteiger partial charge in [0.05, 0.1) is 6.10 Å². The lowest BCUT2D eigenvalue weighted by Gasteiger charge is -2.38. The van der Waals surface area contributed by atoms with Crippen molar-refractivity contribution >= 4 is 5.71 Å². The van der Waals surface area contributed by atoms with E-state index in [1.807, 2.05) is 6.07 Å². The van der Waals surface area contributed by atoms with Gasteiger partial charge in [0.1, 0.15) is 6.10 Å². The molecular formula is C16H21NO2. The molecule has 0 aromatic heterocycles. The summed E-state index contributed by atoms with van der Waals surface area (Å²) in [4.78, 5) is 4.92. The van der Waals surface area contributed by atoms with Crippen molar-refractivity contribution in [2.24, 2.45) is 4.99 Å². The lowest BCUT2D eigenvalue weighted by Crippen LogP contribution is -2.46. The van der Waals surface area contributed by atoms with Gasteiger partial charge in [-0.2, -0.15) is 0 Å². The van der Waals surface area contributed by atoms with E-state index in [0.717, 1.165) is 31.4 Å². The molecule has 1 fully saturated rings. The Morgan fingerprint density at radius 1 is 1.32 bits per heavy atom. The first kappa shape index (κ1) is 12.8. The third-order valence-electron chi connectivity index (χ3n) is 4.15. The Labute approximate surface area is 114 Å². The summed E-state index contributed by atoms with van der Waals surface area (Å²) < 4.78 is 11.8. The average molecular weight is 259 g/mol. The molecule has 3 nitrogen and oxygen atoms in total. The first-order valence-electron chi connectivity index (χ1n) is 7.08. The maximum absolute atomic E-state index is 6.18. The van der Waals surface area contributed by atoms with Crippen LogP contribution in [-0.4, -0.2) is 30.8 Å². The molecule has 2 heterocycles. The van der Waals surface area contributed by atoms with E-state index in [2.05, 4.69) is 31.2 Å². The maximum atomic E-state index is 6.18. The molecule has 3 heteroatoms. The Hall–Kier alpha value is -1.19. The number of methoxy groups -OCH3 is 1. The van der Waals surface area contributed by atoms with Crippen LogP contribution < -0.4 is 0 Å². The van der Waals surface area contributed by atoms with Crippen molar-refractivity contribution in [2.45, 2.75) is 50.5 Å². The summed E-state index contributed by atoms with van der Waals surface area (Å²) >= 11 is 0. The number of hydrogen-bond donors (Lipinski definition) is 0. The Morgan fingerprint density at radius 3 is 2.79 bits per heavy atom. The summed E-state index contributed by atoms with van der Waals surface area (Å²) in [7, 11) is 1.76. The van der Waals surface area contributed by atoms with Crippen LogP contribution in [0, 0.1) is 0 Å². The van der Waals surface area contributed by atoms with Crippen molar-refractivity contribution in [3.63, 3.8) is 0 Å². The zero-order chi connectivity index (χ0) is 13.3. The van der Waals surface area contributed by atoms with Crippen molar-refractivity contribution in [3.05, 3.63) is 35.9 Å². The van der Waals surface area contributed by atoms with E-state index in [1.165, 1.54) is 5.56 Å². The highest BCUT2D eigenvalue weighted by molar-refractivity contribution is 6.02. The summed E-state index contributed by atoms with van der Waals surface area (Å²) in [6.07, 6.45) is 4.40. The molecule has 0 amide bonds. The van der Waals surface area contributed by atoms with Crippen LogP contribution in [-0.2, 0) is 9.47 Å². The summed E-state index contributed by atoms with van der Waals surface area (Å²) in [6.45, 7) is 2.13. The number of nitrogens with zero attached hydrogens (tertiary/aromatic N) is 1. The molecule has 1 aromatic rings. The molecule has 0 saturated carbocycles. The molecule has 2 unspecified atom stereocenters. The quantitative estimate of drug-likeness (QED) is 0.816. The SMILES string of the molecule is CO[C@@H]1CC(c2ccccc2)=NC12CCCC(C)O2. The molecule has 0 aliphatic carbocycles. The van der Waals surface area contributed by atoms with Gasteiger partial charge in [0, 0.05) is 19.2 Å². The zero-order valence-corrected chi connectivity index (χ0v) is 11.6. The third kappa shape index (κ3) is 2.33. The van der Waals surface area contributed by atoms with E-state index < -0.39 is 5.72 Å². The summed E-state index contributed by atoms with van der Waals surface area (Å²) in [5.74, 6) is 0. The normalized spacial score (nSPS) is 34.5. The Bertz CT molecular complexity index is 471. The molecule has 3 atom stereocenters. The van der Waals surface area contributed by atoms with E-state index in [-0.39, 0.29) is 12.2 Å². The average Bonchev–Trinajstić information content (AvgIpc) is 2.78. The van der Waals surface area contributed by atoms with E-state index in [9.17, 15) is 0 Å². The van der Waals surface area contributed by atoms with Crippen LogP contribution in [0.4, 0.5) is 0 Å². The largest absolute Gasteiger partial charge is 0.376 e. The highest BCUT2D eigenvalue weighted by atomic mass is 16.6. The second kappa shape index (κ2) is 5.06. The van der Waals surface area contributed by atoms with Gasteiger partial charge in [-0.1, -0.05) is 30.3 Å². The van der Waals surface area contributed by atoms with E-state index in [4.69, 9.17) is 14.5 Å². The molecule has 1 aromatic carbocycles. The van der Waals surface area contributed by atoms with Crippen LogP contribution in [0.5, 0.6) is 0 Å². The topological polar surface area (TPSA) is 30.8 Å². The van der Waals surface area contributed by atoms with E-state index in [1.54, 1.807) is 7.11 Å². The molecule has 3 rings (SSSR count). The van der Waals surface area contributed by atoms with Gasteiger partial charge in [0.2, 0.25) is 0 Å². The molecule has 2 aliphatic rings. The van der Waals surface area contributed by atoms with Gasteiger partial charge >= 0.3 is 0 Å². The summed E-state index contributed by atoms with van der Waals surface area (Å²) in [5.41, 5.74) is 1.85. The van der Waals surface area contributed by atoms with Crippen LogP contribution in [0.1, 0.15) is 38.2 Å². The second-order valence-electron chi connectivity index (χ2n) is 5.52. The van der Waals surface area contributed by atoms with Crippen LogP contribution in [0.15, 0.2) is 35.3 Å². The Kier molecular flexibility index (Phi) is 3.42. The van der Waals surface area contributed by atoms with Gasteiger partial charge in [0.25, 0.3) is 0 Å². The molecule has 1 saturated heterocycles. The highest BCUT2D eigenvalue weighted by Crippen LogP contribution is 2.40. The standard InChI is InChI=1S/C16H21NO2/c1-12-7-6-10-16(19-12)15(18-2)11-14(17-16)13-8-4-3-5-9-13/h3-5,8-9,12,15H,6-7,10-11H2,1-2H3/t12?,15-,16?/m1/s1. The first-order valence-corrected chi connectivity index (χ1v) is 7.08. The minimum atomic E-state index is -0.447. The molecule has 1 spiro atoms. The maximum Gasteiger partial charge on any atom is 0.185 e. The first-order chi connectivity index (χ1) is 9.23. The fraction of sp³-hybridized carbons (Fsp3) is 0.562. The van der Waals surface area contributed by atoms with Crippen LogP contribution in [0.3, 0.4) is 0 Å². The third-order valence-corrected chi connectivity index (χ3v) is 4.15. The van der Waals surface area contributed by atoms with Gasteiger partial charge in [-0.15, -0.1) is 0 Å². The fourth-order valence-corrected chi connectivity index (χ4v) is 3.19. The Morgan fingerprint density at radius 2 is 2.11 bits per heavy atom. The summed E-state index contributed by atoms with van der Waals surface area (Å²) in [6, 6.07) is 10.3. The molecule has 102 valence electrons. The predicted molar refractivity (Wildman–Crippen MR) is 75.5 cm³/mol. The van der Waals surface area contributed by atoms with Gasteiger partial charge in [0.15, 0.2) is 5.72 Å². The number of ether oxygens (including phenoxy) is 2. The van der Waals surface area contributed by atoms with Crippen molar-refractivity contribution < 1.29 is 9.47 Å². The monoisotopic (exact) mass is 259 g/mol. The number of aliphatic imine (C=N–C) groups is 1. The lowest BCUT2D eigenvalue weighted by atomic mass is 9.94. The number of hydrogen-bond acceptors (Lipinski definition) is 3. The Balaban J connectivity index is 1.92. The van der Waals surface area contributed by atoms with Gasteiger partial charge < -0.3 is 9.47 Å². The van der Waals surface area contributed by atoms with Gasteiger partial charge in [-0.05, 0) is 31.7 Å². The molecule has 0 radical (unpaired) electrons. The number of rotatable bonds is 2. The smallest absolute Gasteiger partial charge is 0.185 e. The van der Waals surface area contributed by atoms with Crippen LogP contribution in [0.25, 0.3) is 0 Å². The van der Waals surface area contributed by atoms with Gasteiger partial charge in [-0.25, -0.2) is 0 Å². The predicted octanol–water partition coefficient (Wildman–Crippen LogP) is 3.18. The van der Waals surface area contributed by atoms with Crippen LogP contribution in [0.2, 0.25) is 0 Å². The molecule has 2 aliphatic heterocycles. The van der Waals surface area contributed by atoms with Crippen LogP contribution >= 0.6 is 0 Å². The van der Waals surface area contributed by atoms with Crippen molar-refractivity contribution in [1.82, 2.24) is 0 Å². The fourth-order valence-electron chi connectivity index (χ4n) is 3.19. The minimum Gasteiger partial charge on any atom is -0.376 e. The molecule has 0 N–H and O–H groups in total. The van der Waals surface area contributed by atoms with E-state index in [0.29, 0.717) is 0 Å². The molecule has 19 heavy (non-hydrogen) atoms. The van der Waals surface area contributed by atoms with Crippen molar-refractivity contribution in [2.75, 3.05) is 7.11 Å². The minimum absolute atomic E-state index is 0.0467. The van der Waals surface area contributed by atoms with Gasteiger partial charge in [-0.3, -0.25) is 4.99 Å². The van der Waals surface area contributed by atoms with Crippen molar-refractivity contribution in [3.8, 4) is 0 Å². The molecular weight excluding hydrogens is 238 g/mol. The van der Waals surface area contributed by atoms with E-state index >= 15 is 0 Å². The highest BCUT2D eigenvalue weighted by Gasteiger charge is 2.48. The zero-order valence-electron chi connectivity index (χ0n) is 11.6.